The van der Waals surface area contributed by atoms with E-state index in [9.17, 15) is 49.4 Å². The van der Waals surface area contributed by atoms with E-state index in [-0.39, 0.29) is 0 Å². The number of hydrogen-bond acceptors (Lipinski definition) is 10. The summed E-state index contributed by atoms with van der Waals surface area (Å²) >= 11 is 17.1. The topological polar surface area (TPSA) is 239 Å². The van der Waals surface area contributed by atoms with Crippen LogP contribution in [0.25, 0.3) is 0 Å². The monoisotopic (exact) mass is 564 g/mol. The Morgan fingerprint density at radius 1 is 0.429 bits per heavy atom. The lowest BCUT2D eigenvalue weighted by Crippen LogP contribution is -2.65. The van der Waals surface area contributed by atoms with E-state index < -0.39 is 63.5 Å². The van der Waals surface area contributed by atoms with Crippen molar-refractivity contribution in [1.29, 1.82) is 0 Å². The maximum atomic E-state index is 10.2. The first-order chi connectivity index (χ1) is 12.2. The summed E-state index contributed by atoms with van der Waals surface area (Å²) in [7, 11) is 0. The molecule has 0 radical (unpaired) electrons. The summed E-state index contributed by atoms with van der Waals surface area (Å²) in [6.45, 7) is -18.5. The summed E-state index contributed by atoms with van der Waals surface area (Å²) in [5.41, 5.74) is 0. The van der Waals surface area contributed by atoms with E-state index in [1.807, 2.05) is 0 Å². The van der Waals surface area contributed by atoms with E-state index in [1.54, 1.807) is 0 Å². The molecule has 0 aliphatic heterocycles. The average Bonchev–Trinajstić information content (AvgIpc) is 2.39. The summed E-state index contributed by atoms with van der Waals surface area (Å²) in [6, 6.07) is 0. The molecule has 22 heteroatoms. The van der Waals surface area contributed by atoms with Crippen LogP contribution in [0.3, 0.4) is 0 Å². The molecule has 0 aromatic heterocycles. The molecule has 1 aliphatic carbocycles. The minimum atomic E-state index is -4.65. The Morgan fingerprint density at radius 2 is 0.607 bits per heavy atom. The van der Waals surface area contributed by atoms with Gasteiger partial charge in [-0.15, -0.1) is 0 Å². The first kappa shape index (κ1) is 28.1. The van der Waals surface area contributed by atoms with E-state index in [2.05, 4.69) is 56.3 Å². The molecular weight excluding hydrogens is 548 g/mol. The molecule has 1 saturated carbocycles. The number of aliphatic hydroxyl groups is 2. The minimum absolute atomic E-state index is 2.11. The zero-order chi connectivity index (χ0) is 22.3. The van der Waals surface area contributed by atoms with Crippen LogP contribution in [0.2, 0.25) is 0 Å². The van der Waals surface area contributed by atoms with Gasteiger partial charge in [-0.25, -0.2) is 0 Å². The first-order valence-electron chi connectivity index (χ1n) is 6.52. The maximum absolute atomic E-state index is 10.2. The average molecular weight is 564 g/mol. The standard InChI is InChI=1S/C6H16O14P4S4/c7-1-2(8)4(18-22(11,12)26)6(20-24(15,16)28)5(19-23(13,14)27)3(1)17-21(9,10)25/h1-8H,(H2,9,10,25)(H2,11,12,26)(H2,13,14,27)(H2,15,16,28)/t1-,2+,3-,4-,5+,6+/m0/s1. The van der Waals surface area contributed by atoms with Gasteiger partial charge in [-0.3, -0.25) is 18.1 Å². The highest BCUT2D eigenvalue weighted by atomic mass is 32.5. The number of rotatable bonds is 8. The summed E-state index contributed by atoms with van der Waals surface area (Å²) in [6.07, 6.45) is -12.9. The Labute approximate surface area is 177 Å². The van der Waals surface area contributed by atoms with E-state index in [1.165, 1.54) is 0 Å². The highest BCUT2D eigenvalue weighted by Gasteiger charge is 2.57. The highest BCUT2D eigenvalue weighted by Crippen LogP contribution is 2.52. The molecule has 1 rings (SSSR count). The Kier molecular flexibility index (Phi) is 9.92. The molecule has 0 amide bonds. The van der Waals surface area contributed by atoms with Crippen molar-refractivity contribution in [3.63, 3.8) is 0 Å². The van der Waals surface area contributed by atoms with Crippen molar-refractivity contribution < 1.29 is 67.5 Å². The molecule has 10 N–H and O–H groups in total. The van der Waals surface area contributed by atoms with E-state index in [4.69, 9.17) is 9.05 Å². The van der Waals surface area contributed by atoms with Crippen LogP contribution < -0.4 is 0 Å². The van der Waals surface area contributed by atoms with Crippen molar-refractivity contribution in [2.24, 2.45) is 0 Å². The molecule has 28 heavy (non-hydrogen) atoms. The van der Waals surface area contributed by atoms with Gasteiger partial charge in [0.25, 0.3) is 0 Å². The predicted molar refractivity (Wildman–Crippen MR) is 106 cm³/mol. The van der Waals surface area contributed by atoms with Crippen LogP contribution >= 0.6 is 26.9 Å². The van der Waals surface area contributed by atoms with Crippen LogP contribution in [0.1, 0.15) is 0 Å². The van der Waals surface area contributed by atoms with Crippen LogP contribution in [0.5, 0.6) is 0 Å². The van der Waals surface area contributed by atoms with Gasteiger partial charge < -0.3 is 49.4 Å². The lowest BCUT2D eigenvalue weighted by molar-refractivity contribution is -0.203. The second-order valence-corrected chi connectivity index (χ2v) is 15.7. The molecule has 1 fully saturated rings. The van der Waals surface area contributed by atoms with Gasteiger partial charge in [0.2, 0.25) is 0 Å². The third kappa shape index (κ3) is 9.67. The zero-order valence-corrected chi connectivity index (χ0v) is 19.8. The molecule has 0 aromatic carbocycles. The fourth-order valence-electron chi connectivity index (χ4n) is 2.27. The van der Waals surface area contributed by atoms with Crippen molar-refractivity contribution in [3.8, 4) is 0 Å². The second-order valence-electron chi connectivity index (χ2n) is 5.22. The Balaban J connectivity index is 3.53. The third-order valence-electron chi connectivity index (χ3n) is 3.03. The van der Waals surface area contributed by atoms with E-state index in [0.717, 1.165) is 0 Å². The molecule has 0 saturated heterocycles. The quantitative estimate of drug-likeness (QED) is 0.133. The predicted octanol–water partition coefficient (Wildman–Crippen LogP) is -2.90. The molecular formula is C6H16O14P4S4. The van der Waals surface area contributed by atoms with Gasteiger partial charge in [0, 0.05) is 0 Å². The van der Waals surface area contributed by atoms with Gasteiger partial charge in [0.05, 0.1) is 0 Å². The molecule has 0 bridgehead atoms. The van der Waals surface area contributed by atoms with Crippen molar-refractivity contribution in [2.75, 3.05) is 0 Å². The van der Waals surface area contributed by atoms with Gasteiger partial charge in [0.15, 0.2) is 0 Å². The molecule has 1 aliphatic rings. The van der Waals surface area contributed by atoms with Crippen LogP contribution in [0, 0.1) is 0 Å². The van der Waals surface area contributed by atoms with Gasteiger partial charge in [-0.1, -0.05) is 0 Å². The van der Waals surface area contributed by atoms with Crippen LogP contribution in [0.4, 0.5) is 0 Å². The SMILES string of the molecule is O[C@@H]1[C@H](O)[C@H](OP(O)(O)=S)[C@@H](OP(O)(O)=S)[C@H](OP(O)(O)=S)[C@H]1OP(O)(O)=S. The van der Waals surface area contributed by atoms with Gasteiger partial charge in [0.1, 0.15) is 36.6 Å². The van der Waals surface area contributed by atoms with Crippen molar-refractivity contribution in [1.82, 2.24) is 0 Å². The Hall–Kier alpha value is 2.04. The molecule has 6 atom stereocenters. The summed E-state index contributed by atoms with van der Waals surface area (Å²) in [5, 5.41) is 20.4. The lowest BCUT2D eigenvalue weighted by atomic mass is 9.85. The van der Waals surface area contributed by atoms with Crippen LogP contribution in [-0.2, 0) is 65.3 Å². The van der Waals surface area contributed by atoms with Crippen LogP contribution in [-0.4, -0.2) is 86.0 Å². The maximum Gasteiger partial charge on any atom is 0.322 e. The zero-order valence-electron chi connectivity index (χ0n) is 13.0. The van der Waals surface area contributed by atoms with Crippen molar-refractivity contribution in [2.45, 2.75) is 36.6 Å². The summed E-state index contributed by atoms with van der Waals surface area (Å²) in [4.78, 5) is 75.2. The normalized spacial score (nSPS) is 33.1. The van der Waals surface area contributed by atoms with Crippen LogP contribution in [0.15, 0.2) is 0 Å². The molecule has 0 unspecified atom stereocenters. The fourth-order valence-corrected chi connectivity index (χ4v) is 5.70. The second kappa shape index (κ2) is 9.89. The van der Waals surface area contributed by atoms with E-state index >= 15 is 0 Å². The number of hydrogen-bond donors (Lipinski definition) is 10. The minimum Gasteiger partial charge on any atom is -0.387 e. The largest absolute Gasteiger partial charge is 0.387 e. The lowest BCUT2D eigenvalue weighted by Gasteiger charge is -2.47. The van der Waals surface area contributed by atoms with Crippen molar-refractivity contribution >= 4 is 74.1 Å². The molecule has 0 heterocycles. The molecule has 168 valence electrons. The smallest absolute Gasteiger partial charge is 0.322 e. The third-order valence-corrected chi connectivity index (χ3v) is 6.14. The fraction of sp³-hybridized carbons (Fsp3) is 1.00. The Morgan fingerprint density at radius 3 is 0.786 bits per heavy atom. The summed E-state index contributed by atoms with van der Waals surface area (Å²) < 4.78 is 18.7. The molecule has 14 nitrogen and oxygen atoms in total. The summed E-state index contributed by atoms with van der Waals surface area (Å²) in [5.74, 6) is 0. The van der Waals surface area contributed by atoms with E-state index in [0.29, 0.717) is 0 Å². The van der Waals surface area contributed by atoms with Gasteiger partial charge in [-0.05, 0) is 47.2 Å². The Bertz CT molecular complexity index is 678. The molecule has 0 spiro atoms. The molecule has 0 aromatic rings. The first-order valence-corrected chi connectivity index (χ1v) is 17.0. The van der Waals surface area contributed by atoms with Crippen molar-refractivity contribution in [3.05, 3.63) is 0 Å². The van der Waals surface area contributed by atoms with Gasteiger partial charge in [-0.2, -0.15) is 0 Å². The van der Waals surface area contributed by atoms with Gasteiger partial charge >= 0.3 is 26.9 Å². The highest BCUT2D eigenvalue weighted by molar-refractivity contribution is 8.07. The number of aliphatic hydroxyl groups excluding tert-OH is 2.